The molecule has 0 aromatic heterocycles. The van der Waals surface area contributed by atoms with Gasteiger partial charge >= 0.3 is 0 Å². The summed E-state index contributed by atoms with van der Waals surface area (Å²) in [6, 6.07) is 0. The highest BCUT2D eigenvalue weighted by Gasteiger charge is 2.16. The number of hydrogen-bond donors (Lipinski definition) is 0. The number of thiocarbonyl (C=S) groups is 1. The molecule has 0 amide bonds. The summed E-state index contributed by atoms with van der Waals surface area (Å²) >= 11 is 6.89. The Hall–Kier alpha value is 0.240. The summed E-state index contributed by atoms with van der Waals surface area (Å²) in [5.74, 6) is 0.899. The van der Waals surface area contributed by atoms with Crippen LogP contribution in [0.4, 0.5) is 0 Å². The standard InChI is InChI=1S/C8H15NS2/c1-7-3-5-9(6-4-7)8(10)11-2/h7H,3-6H2,1-2H3. The summed E-state index contributed by atoms with van der Waals surface area (Å²) in [7, 11) is 0. The Morgan fingerprint density at radius 3 is 2.45 bits per heavy atom. The van der Waals surface area contributed by atoms with Crippen LogP contribution in [-0.4, -0.2) is 28.6 Å². The van der Waals surface area contributed by atoms with Crippen molar-refractivity contribution in [3.63, 3.8) is 0 Å². The first kappa shape index (κ1) is 9.33. The zero-order chi connectivity index (χ0) is 8.27. The summed E-state index contributed by atoms with van der Waals surface area (Å²) in [5.41, 5.74) is 0. The number of piperidine rings is 1. The van der Waals surface area contributed by atoms with Crippen LogP contribution in [0.25, 0.3) is 0 Å². The molecule has 0 aromatic carbocycles. The van der Waals surface area contributed by atoms with Crippen LogP contribution >= 0.6 is 24.0 Å². The first-order valence-electron chi connectivity index (χ1n) is 4.07. The quantitative estimate of drug-likeness (QED) is 0.539. The molecule has 1 aliphatic heterocycles. The van der Waals surface area contributed by atoms with Gasteiger partial charge in [-0.2, -0.15) is 0 Å². The molecule has 1 saturated heterocycles. The largest absolute Gasteiger partial charge is 0.358 e. The van der Waals surface area contributed by atoms with E-state index in [9.17, 15) is 0 Å². The van der Waals surface area contributed by atoms with E-state index in [2.05, 4.69) is 18.1 Å². The molecule has 11 heavy (non-hydrogen) atoms. The smallest absolute Gasteiger partial charge is 0.136 e. The maximum Gasteiger partial charge on any atom is 0.136 e. The number of rotatable bonds is 0. The van der Waals surface area contributed by atoms with Gasteiger partial charge in [-0.1, -0.05) is 19.1 Å². The molecule has 1 heterocycles. The number of nitrogens with zero attached hydrogens (tertiary/aromatic N) is 1. The van der Waals surface area contributed by atoms with Gasteiger partial charge in [0.2, 0.25) is 0 Å². The lowest BCUT2D eigenvalue weighted by atomic mass is 10.00. The van der Waals surface area contributed by atoms with Gasteiger partial charge in [0.25, 0.3) is 0 Å². The van der Waals surface area contributed by atoms with Gasteiger partial charge in [-0.05, 0) is 25.0 Å². The van der Waals surface area contributed by atoms with E-state index >= 15 is 0 Å². The van der Waals surface area contributed by atoms with E-state index in [1.807, 2.05) is 0 Å². The average molecular weight is 189 g/mol. The minimum Gasteiger partial charge on any atom is -0.358 e. The van der Waals surface area contributed by atoms with E-state index in [1.165, 1.54) is 25.9 Å². The van der Waals surface area contributed by atoms with Gasteiger partial charge in [-0.15, -0.1) is 11.8 Å². The minimum atomic E-state index is 0.899. The molecular weight excluding hydrogens is 174 g/mol. The van der Waals surface area contributed by atoms with Gasteiger partial charge in [-0.3, -0.25) is 0 Å². The maximum absolute atomic E-state index is 5.20. The molecule has 64 valence electrons. The second-order valence-electron chi connectivity index (χ2n) is 3.14. The van der Waals surface area contributed by atoms with Gasteiger partial charge in [0.05, 0.1) is 0 Å². The lowest BCUT2D eigenvalue weighted by Gasteiger charge is -2.31. The Kier molecular flexibility index (Phi) is 3.66. The zero-order valence-corrected chi connectivity index (χ0v) is 8.80. The van der Waals surface area contributed by atoms with E-state index in [-0.39, 0.29) is 0 Å². The van der Waals surface area contributed by atoms with E-state index in [4.69, 9.17) is 12.2 Å². The van der Waals surface area contributed by atoms with Crippen molar-refractivity contribution < 1.29 is 0 Å². The van der Waals surface area contributed by atoms with Crippen molar-refractivity contribution in [3.05, 3.63) is 0 Å². The van der Waals surface area contributed by atoms with Crippen LogP contribution in [0, 0.1) is 5.92 Å². The van der Waals surface area contributed by atoms with E-state index < -0.39 is 0 Å². The van der Waals surface area contributed by atoms with Gasteiger partial charge in [0.1, 0.15) is 4.32 Å². The molecule has 1 rings (SSSR count). The molecule has 0 spiro atoms. The summed E-state index contributed by atoms with van der Waals surface area (Å²) in [4.78, 5) is 2.32. The SMILES string of the molecule is CSC(=S)N1CCC(C)CC1. The van der Waals surface area contributed by atoms with Gasteiger partial charge in [0, 0.05) is 13.1 Å². The summed E-state index contributed by atoms with van der Waals surface area (Å²) in [6.07, 6.45) is 4.67. The second kappa shape index (κ2) is 4.31. The number of likely N-dealkylation sites (tertiary alicyclic amines) is 1. The second-order valence-corrected chi connectivity index (χ2v) is 4.58. The Labute approximate surface area is 78.5 Å². The van der Waals surface area contributed by atoms with Gasteiger partial charge in [-0.25, -0.2) is 0 Å². The molecule has 0 saturated carbocycles. The Morgan fingerprint density at radius 1 is 1.45 bits per heavy atom. The fourth-order valence-corrected chi connectivity index (χ4v) is 1.94. The van der Waals surface area contributed by atoms with E-state index in [0.717, 1.165) is 10.2 Å². The molecule has 0 N–H and O–H groups in total. The predicted molar refractivity (Wildman–Crippen MR) is 56.1 cm³/mol. The van der Waals surface area contributed by atoms with Crippen molar-refractivity contribution in [2.75, 3.05) is 19.3 Å². The first-order valence-corrected chi connectivity index (χ1v) is 5.70. The highest BCUT2D eigenvalue weighted by atomic mass is 32.2. The summed E-state index contributed by atoms with van der Waals surface area (Å²) in [5, 5.41) is 0. The third-order valence-electron chi connectivity index (χ3n) is 2.22. The number of thioether (sulfide) groups is 1. The lowest BCUT2D eigenvalue weighted by molar-refractivity contribution is 0.287. The molecule has 1 fully saturated rings. The van der Waals surface area contributed by atoms with Crippen molar-refractivity contribution in [2.45, 2.75) is 19.8 Å². The molecule has 0 bridgehead atoms. The van der Waals surface area contributed by atoms with Crippen molar-refractivity contribution in [2.24, 2.45) is 5.92 Å². The average Bonchev–Trinajstić information content (AvgIpc) is 2.05. The van der Waals surface area contributed by atoms with Crippen LogP contribution in [0.2, 0.25) is 0 Å². The van der Waals surface area contributed by atoms with Crippen LogP contribution in [0.5, 0.6) is 0 Å². The van der Waals surface area contributed by atoms with Crippen molar-refractivity contribution in [1.29, 1.82) is 0 Å². The van der Waals surface area contributed by atoms with Crippen molar-refractivity contribution in [1.82, 2.24) is 4.90 Å². The van der Waals surface area contributed by atoms with E-state index in [0.29, 0.717) is 0 Å². The molecule has 0 aliphatic carbocycles. The maximum atomic E-state index is 5.20. The van der Waals surface area contributed by atoms with Crippen molar-refractivity contribution in [3.8, 4) is 0 Å². The normalized spacial score (nSPS) is 20.4. The first-order chi connectivity index (χ1) is 5.24. The fraction of sp³-hybridized carbons (Fsp3) is 0.875. The van der Waals surface area contributed by atoms with Crippen LogP contribution < -0.4 is 0 Å². The zero-order valence-electron chi connectivity index (χ0n) is 7.17. The third kappa shape index (κ3) is 2.64. The predicted octanol–water partition coefficient (Wildman–Crippen LogP) is 2.37. The molecule has 0 aromatic rings. The molecular formula is C8H15NS2. The highest BCUT2D eigenvalue weighted by Crippen LogP contribution is 2.18. The minimum absolute atomic E-state index is 0.899. The topological polar surface area (TPSA) is 3.24 Å². The lowest BCUT2D eigenvalue weighted by Crippen LogP contribution is -2.35. The highest BCUT2D eigenvalue weighted by molar-refractivity contribution is 8.22. The van der Waals surface area contributed by atoms with Gasteiger partial charge < -0.3 is 4.90 Å². The van der Waals surface area contributed by atoms with Gasteiger partial charge in [0.15, 0.2) is 0 Å². The van der Waals surface area contributed by atoms with Crippen LogP contribution in [-0.2, 0) is 0 Å². The molecule has 3 heteroatoms. The Balaban J connectivity index is 2.33. The van der Waals surface area contributed by atoms with E-state index in [1.54, 1.807) is 11.8 Å². The molecule has 0 atom stereocenters. The van der Waals surface area contributed by atoms with Crippen LogP contribution in [0.15, 0.2) is 0 Å². The summed E-state index contributed by atoms with van der Waals surface area (Å²) in [6.45, 7) is 4.65. The molecule has 1 aliphatic rings. The summed E-state index contributed by atoms with van der Waals surface area (Å²) < 4.78 is 1.07. The van der Waals surface area contributed by atoms with Crippen LogP contribution in [0.3, 0.4) is 0 Å². The fourth-order valence-electron chi connectivity index (χ4n) is 1.32. The third-order valence-corrected chi connectivity index (χ3v) is 3.58. The Bertz CT molecular complexity index is 139. The molecule has 0 unspecified atom stereocenters. The van der Waals surface area contributed by atoms with Crippen molar-refractivity contribution >= 4 is 28.3 Å². The molecule has 1 nitrogen and oxygen atoms in total. The van der Waals surface area contributed by atoms with Crippen LogP contribution in [0.1, 0.15) is 19.8 Å². The Morgan fingerprint density at radius 2 is 2.00 bits per heavy atom. The molecule has 0 radical (unpaired) electrons. The number of hydrogen-bond acceptors (Lipinski definition) is 2. The monoisotopic (exact) mass is 189 g/mol.